The fraction of sp³-hybridized carbons (Fsp3) is 0.235. The number of nitrogens with zero attached hydrogens (tertiary/aromatic N) is 2. The Labute approximate surface area is 136 Å². The lowest BCUT2D eigenvalue weighted by atomic mass is 10.1. The van der Waals surface area contributed by atoms with Crippen LogP contribution in [0.2, 0.25) is 0 Å². The molecular weight excluding hydrogens is 319 g/mol. The molecule has 0 saturated carbocycles. The Bertz CT molecular complexity index is 842. The molecule has 0 aliphatic carbocycles. The van der Waals surface area contributed by atoms with Crippen molar-refractivity contribution in [3.05, 3.63) is 59.7 Å². The minimum Gasteiger partial charge on any atom is -0.395 e. The molecule has 24 heavy (non-hydrogen) atoms. The van der Waals surface area contributed by atoms with Gasteiger partial charge in [-0.05, 0) is 29.8 Å². The first-order valence-electron chi connectivity index (χ1n) is 7.45. The average molecular weight is 335 g/mol. The summed E-state index contributed by atoms with van der Waals surface area (Å²) in [5.74, 6) is 0.516. The van der Waals surface area contributed by atoms with Gasteiger partial charge >= 0.3 is 6.18 Å². The van der Waals surface area contributed by atoms with Gasteiger partial charge < -0.3 is 15.0 Å². The molecule has 0 atom stereocenters. The van der Waals surface area contributed by atoms with E-state index in [4.69, 9.17) is 5.11 Å². The molecule has 0 bridgehead atoms. The molecule has 0 aliphatic heterocycles. The fourth-order valence-corrected chi connectivity index (χ4v) is 2.57. The van der Waals surface area contributed by atoms with Crippen LogP contribution < -0.4 is 5.32 Å². The van der Waals surface area contributed by atoms with Gasteiger partial charge in [0.25, 0.3) is 0 Å². The number of aliphatic hydroxyl groups excluding tert-OH is 1. The third-order valence-electron chi connectivity index (χ3n) is 3.64. The summed E-state index contributed by atoms with van der Waals surface area (Å²) in [6, 6.07) is 12.6. The number of alkyl halides is 3. The Morgan fingerprint density at radius 3 is 2.62 bits per heavy atom. The van der Waals surface area contributed by atoms with E-state index < -0.39 is 11.7 Å². The molecule has 1 aromatic heterocycles. The molecule has 0 saturated heterocycles. The van der Waals surface area contributed by atoms with Crippen molar-refractivity contribution in [3.63, 3.8) is 0 Å². The number of hydrogen-bond acceptors (Lipinski definition) is 3. The topological polar surface area (TPSA) is 50.1 Å². The number of halogens is 3. The average Bonchev–Trinajstić information content (AvgIpc) is 2.90. The van der Waals surface area contributed by atoms with Gasteiger partial charge in [0.05, 0.1) is 29.7 Å². The van der Waals surface area contributed by atoms with E-state index in [9.17, 15) is 13.2 Å². The highest BCUT2D eigenvalue weighted by Gasteiger charge is 2.30. The van der Waals surface area contributed by atoms with Gasteiger partial charge in [0, 0.05) is 6.54 Å². The minimum absolute atomic E-state index is 0.0627. The summed E-state index contributed by atoms with van der Waals surface area (Å²) < 4.78 is 40.5. The molecule has 0 amide bonds. The van der Waals surface area contributed by atoms with Gasteiger partial charge in [-0.3, -0.25) is 0 Å². The lowest BCUT2D eigenvalue weighted by molar-refractivity contribution is -0.137. The molecule has 3 rings (SSSR count). The van der Waals surface area contributed by atoms with Gasteiger partial charge in [-0.25, -0.2) is 4.98 Å². The van der Waals surface area contributed by atoms with Crippen LogP contribution in [-0.2, 0) is 12.7 Å². The number of hydrogen-bond donors (Lipinski definition) is 2. The number of aliphatic hydroxyl groups is 1. The maximum absolute atomic E-state index is 12.9. The monoisotopic (exact) mass is 335 g/mol. The van der Waals surface area contributed by atoms with Crippen LogP contribution >= 0.6 is 0 Å². The number of fused-ring (bicyclic) bond motifs is 1. The summed E-state index contributed by atoms with van der Waals surface area (Å²) in [5, 5.41) is 12.0. The highest BCUT2D eigenvalue weighted by Crippen LogP contribution is 2.30. The zero-order valence-electron chi connectivity index (χ0n) is 12.7. The SMILES string of the molecule is OCCNc1nc2ccccc2n1Cc1cccc(C(F)(F)F)c1. The zero-order chi connectivity index (χ0) is 17.2. The van der Waals surface area contributed by atoms with Crippen molar-refractivity contribution in [3.8, 4) is 0 Å². The maximum atomic E-state index is 12.9. The van der Waals surface area contributed by atoms with E-state index in [1.165, 1.54) is 6.07 Å². The third-order valence-corrected chi connectivity index (χ3v) is 3.64. The quantitative estimate of drug-likeness (QED) is 0.750. The summed E-state index contributed by atoms with van der Waals surface area (Å²) >= 11 is 0. The third kappa shape index (κ3) is 3.35. The van der Waals surface area contributed by atoms with Gasteiger partial charge in [0.2, 0.25) is 5.95 Å². The van der Waals surface area contributed by atoms with Crippen molar-refractivity contribution in [2.75, 3.05) is 18.5 Å². The Hall–Kier alpha value is -2.54. The number of aromatic nitrogens is 2. The molecule has 4 nitrogen and oxygen atoms in total. The van der Waals surface area contributed by atoms with E-state index in [0.717, 1.165) is 23.2 Å². The van der Waals surface area contributed by atoms with Crippen LogP contribution in [0.3, 0.4) is 0 Å². The van der Waals surface area contributed by atoms with Crippen LogP contribution in [0.1, 0.15) is 11.1 Å². The molecule has 3 aromatic rings. The molecular formula is C17H16F3N3O. The minimum atomic E-state index is -4.37. The number of benzene rings is 2. The molecule has 0 spiro atoms. The molecule has 1 heterocycles. The number of anilines is 1. The van der Waals surface area contributed by atoms with Gasteiger partial charge in [-0.1, -0.05) is 24.3 Å². The van der Waals surface area contributed by atoms with Crippen molar-refractivity contribution in [1.29, 1.82) is 0 Å². The van der Waals surface area contributed by atoms with Crippen LogP contribution in [0.5, 0.6) is 0 Å². The van der Waals surface area contributed by atoms with E-state index in [-0.39, 0.29) is 13.2 Å². The van der Waals surface area contributed by atoms with Gasteiger partial charge in [0.15, 0.2) is 0 Å². The molecule has 7 heteroatoms. The van der Waals surface area contributed by atoms with Crippen molar-refractivity contribution >= 4 is 17.0 Å². The predicted molar refractivity (Wildman–Crippen MR) is 85.9 cm³/mol. The van der Waals surface area contributed by atoms with E-state index in [1.807, 2.05) is 24.3 Å². The fourth-order valence-electron chi connectivity index (χ4n) is 2.57. The molecule has 0 unspecified atom stereocenters. The Morgan fingerprint density at radius 1 is 1.08 bits per heavy atom. The molecule has 0 aliphatic rings. The van der Waals surface area contributed by atoms with Gasteiger partial charge in [-0.15, -0.1) is 0 Å². The smallest absolute Gasteiger partial charge is 0.395 e. The molecule has 2 aromatic carbocycles. The first-order valence-corrected chi connectivity index (χ1v) is 7.45. The summed E-state index contributed by atoms with van der Waals surface area (Å²) in [5.41, 5.74) is 1.41. The summed E-state index contributed by atoms with van der Waals surface area (Å²) in [7, 11) is 0. The van der Waals surface area contributed by atoms with Crippen molar-refractivity contribution in [2.24, 2.45) is 0 Å². The normalized spacial score (nSPS) is 11.8. The Kier molecular flexibility index (Phi) is 4.44. The second kappa shape index (κ2) is 6.52. The van der Waals surface area contributed by atoms with Crippen LogP contribution in [0.15, 0.2) is 48.5 Å². The van der Waals surface area contributed by atoms with Crippen LogP contribution in [0, 0.1) is 0 Å². The van der Waals surface area contributed by atoms with Crippen molar-refractivity contribution < 1.29 is 18.3 Å². The highest BCUT2D eigenvalue weighted by atomic mass is 19.4. The van der Waals surface area contributed by atoms with Crippen LogP contribution in [0.25, 0.3) is 11.0 Å². The summed E-state index contributed by atoms with van der Waals surface area (Å²) in [6.07, 6.45) is -4.37. The Morgan fingerprint density at radius 2 is 1.88 bits per heavy atom. The van der Waals surface area contributed by atoms with Gasteiger partial charge in [0.1, 0.15) is 0 Å². The summed E-state index contributed by atoms with van der Waals surface area (Å²) in [6.45, 7) is 0.497. The van der Waals surface area contributed by atoms with Crippen LogP contribution in [0.4, 0.5) is 19.1 Å². The van der Waals surface area contributed by atoms with E-state index >= 15 is 0 Å². The lowest BCUT2D eigenvalue weighted by Gasteiger charge is -2.12. The van der Waals surface area contributed by atoms with E-state index in [2.05, 4.69) is 10.3 Å². The predicted octanol–water partition coefficient (Wildman–Crippen LogP) is 3.51. The molecule has 126 valence electrons. The largest absolute Gasteiger partial charge is 0.416 e. The summed E-state index contributed by atoms with van der Waals surface area (Å²) in [4.78, 5) is 4.44. The second-order valence-corrected chi connectivity index (χ2v) is 5.36. The van der Waals surface area contributed by atoms with Crippen molar-refractivity contribution in [1.82, 2.24) is 9.55 Å². The highest BCUT2D eigenvalue weighted by molar-refractivity contribution is 5.78. The molecule has 2 N–H and O–H groups in total. The van der Waals surface area contributed by atoms with E-state index in [1.54, 1.807) is 10.6 Å². The standard InChI is InChI=1S/C17H16F3N3O/c18-17(19,20)13-5-3-4-12(10-13)11-23-15-7-2-1-6-14(15)22-16(23)21-8-9-24/h1-7,10,24H,8-9,11H2,(H,21,22). The van der Waals surface area contributed by atoms with Crippen LogP contribution in [-0.4, -0.2) is 27.8 Å². The molecule has 0 fully saturated rings. The number of nitrogens with one attached hydrogen (secondary N) is 1. The van der Waals surface area contributed by atoms with E-state index in [0.29, 0.717) is 18.1 Å². The number of imidazole rings is 1. The first-order chi connectivity index (χ1) is 11.5. The first kappa shape index (κ1) is 16.3. The lowest BCUT2D eigenvalue weighted by Crippen LogP contribution is -2.12. The van der Waals surface area contributed by atoms with Gasteiger partial charge in [-0.2, -0.15) is 13.2 Å². The maximum Gasteiger partial charge on any atom is 0.416 e. The number of rotatable bonds is 5. The molecule has 0 radical (unpaired) electrons. The van der Waals surface area contributed by atoms with Crippen molar-refractivity contribution in [2.45, 2.75) is 12.7 Å². The second-order valence-electron chi connectivity index (χ2n) is 5.36. The number of para-hydroxylation sites is 2. The Balaban J connectivity index is 2.00. The zero-order valence-corrected chi connectivity index (χ0v) is 12.7.